The van der Waals surface area contributed by atoms with E-state index in [1.54, 1.807) is 0 Å². The maximum absolute atomic E-state index is 8.76. The first-order valence-electron chi connectivity index (χ1n) is 3.18. The molecular weight excluding hydrogens is 120 g/mol. The zero-order valence-electron chi connectivity index (χ0n) is 5.67. The van der Waals surface area contributed by atoms with Gasteiger partial charge in [-0.25, -0.2) is 0 Å². The lowest BCUT2D eigenvalue weighted by molar-refractivity contribution is -0.191. The summed E-state index contributed by atoms with van der Waals surface area (Å²) in [6.07, 6.45) is 1.89. The van der Waals surface area contributed by atoms with Gasteiger partial charge in [-0.2, -0.15) is 0 Å². The van der Waals surface area contributed by atoms with E-state index in [9.17, 15) is 0 Å². The molecule has 0 aliphatic rings. The molecule has 0 aromatic heterocycles. The van der Waals surface area contributed by atoms with Crippen LogP contribution in [0.3, 0.4) is 0 Å². The molecule has 56 valence electrons. The Morgan fingerprint density at radius 1 is 1.33 bits per heavy atom. The monoisotopic (exact) mass is 134 g/mol. The third-order valence-corrected chi connectivity index (χ3v) is 1.18. The number of aliphatic hydroxyl groups excluding tert-OH is 1. The highest BCUT2D eigenvalue weighted by atomic mass is 16.5. The summed E-state index contributed by atoms with van der Waals surface area (Å²) in [6, 6.07) is 0. The molecule has 0 atom stereocenters. The van der Waals surface area contributed by atoms with E-state index in [4.69, 9.17) is 15.3 Å². The van der Waals surface area contributed by atoms with Crippen molar-refractivity contribution in [3.05, 3.63) is 0 Å². The zero-order chi connectivity index (χ0) is 7.33. The molecule has 0 spiro atoms. The summed E-state index contributed by atoms with van der Waals surface area (Å²) in [5, 5.41) is 25.8. The van der Waals surface area contributed by atoms with Crippen LogP contribution in [0.4, 0.5) is 0 Å². The van der Waals surface area contributed by atoms with Gasteiger partial charge in [0.1, 0.15) is 0 Å². The van der Waals surface area contributed by atoms with Gasteiger partial charge in [0.15, 0.2) is 5.79 Å². The topological polar surface area (TPSA) is 60.7 Å². The van der Waals surface area contributed by atoms with Crippen LogP contribution in [-0.2, 0) is 0 Å². The zero-order valence-corrected chi connectivity index (χ0v) is 5.67. The molecule has 0 radical (unpaired) electrons. The highest BCUT2D eigenvalue weighted by molar-refractivity contribution is 4.60. The highest BCUT2D eigenvalue weighted by Gasteiger charge is 2.19. The summed E-state index contributed by atoms with van der Waals surface area (Å²) in [6.45, 7) is 1.38. The lowest BCUT2D eigenvalue weighted by atomic mass is 10.1. The Hall–Kier alpha value is -0.120. The molecule has 0 aliphatic heterocycles. The summed E-state index contributed by atoms with van der Waals surface area (Å²) >= 11 is 0. The highest BCUT2D eigenvalue weighted by Crippen LogP contribution is 2.08. The number of hydrogen-bond acceptors (Lipinski definition) is 3. The molecule has 0 saturated carbocycles. The molecule has 0 rings (SSSR count). The molecule has 0 aromatic carbocycles. The normalized spacial score (nSPS) is 12.0. The van der Waals surface area contributed by atoms with Gasteiger partial charge in [-0.05, 0) is 6.42 Å². The third kappa shape index (κ3) is 4.39. The molecule has 0 bridgehead atoms. The molecule has 0 saturated heterocycles. The van der Waals surface area contributed by atoms with Crippen molar-refractivity contribution in [2.75, 3.05) is 6.61 Å². The maximum Gasteiger partial charge on any atom is 0.186 e. The number of unbranched alkanes of at least 4 members (excludes halogenated alkanes) is 1. The van der Waals surface area contributed by atoms with Gasteiger partial charge in [-0.15, -0.1) is 0 Å². The van der Waals surface area contributed by atoms with Gasteiger partial charge in [-0.3, -0.25) is 0 Å². The summed E-state index contributed by atoms with van der Waals surface area (Å²) in [7, 11) is 0. The Labute approximate surface area is 54.9 Å². The van der Waals surface area contributed by atoms with Crippen molar-refractivity contribution in [2.24, 2.45) is 0 Å². The van der Waals surface area contributed by atoms with Crippen molar-refractivity contribution in [3.63, 3.8) is 0 Å². The fraction of sp³-hybridized carbons (Fsp3) is 1.00. The SMILES string of the molecule is CCCCC(O)(O)CO. The first kappa shape index (κ1) is 8.88. The quantitative estimate of drug-likeness (QED) is 0.468. The first-order chi connectivity index (χ1) is 4.12. The number of aliphatic hydroxyl groups is 3. The molecule has 3 N–H and O–H groups in total. The molecule has 0 aromatic rings. The molecular formula is C6H14O3. The van der Waals surface area contributed by atoms with Crippen LogP contribution in [0.1, 0.15) is 26.2 Å². The van der Waals surface area contributed by atoms with Crippen molar-refractivity contribution in [1.29, 1.82) is 0 Å². The van der Waals surface area contributed by atoms with Gasteiger partial charge in [-0.1, -0.05) is 13.3 Å². The molecule has 3 heteroatoms. The molecule has 0 unspecified atom stereocenters. The van der Waals surface area contributed by atoms with E-state index in [1.165, 1.54) is 0 Å². The van der Waals surface area contributed by atoms with E-state index in [0.29, 0.717) is 0 Å². The lowest BCUT2D eigenvalue weighted by Gasteiger charge is -2.17. The van der Waals surface area contributed by atoms with Crippen LogP contribution in [-0.4, -0.2) is 27.7 Å². The van der Waals surface area contributed by atoms with E-state index in [1.807, 2.05) is 6.92 Å². The van der Waals surface area contributed by atoms with Gasteiger partial charge in [0.05, 0.1) is 6.61 Å². The van der Waals surface area contributed by atoms with Crippen LogP contribution in [0.25, 0.3) is 0 Å². The van der Waals surface area contributed by atoms with Crippen molar-refractivity contribution in [1.82, 2.24) is 0 Å². The Morgan fingerprint density at radius 2 is 1.89 bits per heavy atom. The summed E-state index contributed by atoms with van der Waals surface area (Å²) in [4.78, 5) is 0. The van der Waals surface area contributed by atoms with Crippen LogP contribution >= 0.6 is 0 Å². The smallest absolute Gasteiger partial charge is 0.186 e. The largest absolute Gasteiger partial charge is 0.391 e. The van der Waals surface area contributed by atoms with Crippen molar-refractivity contribution in [3.8, 4) is 0 Å². The van der Waals surface area contributed by atoms with Crippen LogP contribution in [0, 0.1) is 0 Å². The van der Waals surface area contributed by atoms with Crippen LogP contribution in [0.2, 0.25) is 0 Å². The van der Waals surface area contributed by atoms with Crippen molar-refractivity contribution in [2.45, 2.75) is 32.0 Å². The Morgan fingerprint density at radius 3 is 2.22 bits per heavy atom. The predicted molar refractivity (Wildman–Crippen MR) is 33.8 cm³/mol. The van der Waals surface area contributed by atoms with Gasteiger partial charge in [0.2, 0.25) is 0 Å². The van der Waals surface area contributed by atoms with Crippen molar-refractivity contribution >= 4 is 0 Å². The van der Waals surface area contributed by atoms with Crippen LogP contribution in [0.15, 0.2) is 0 Å². The van der Waals surface area contributed by atoms with Gasteiger partial charge in [0, 0.05) is 6.42 Å². The van der Waals surface area contributed by atoms with Crippen LogP contribution < -0.4 is 0 Å². The second-order valence-electron chi connectivity index (χ2n) is 2.24. The second kappa shape index (κ2) is 3.82. The standard InChI is InChI=1S/C6H14O3/c1-2-3-4-6(8,9)5-7/h7-9H,2-5H2,1H3. The Balaban J connectivity index is 3.33. The van der Waals surface area contributed by atoms with Crippen LogP contribution in [0.5, 0.6) is 0 Å². The molecule has 0 amide bonds. The number of rotatable bonds is 4. The number of hydrogen-bond donors (Lipinski definition) is 3. The lowest BCUT2D eigenvalue weighted by Crippen LogP contribution is -2.32. The molecule has 0 fully saturated rings. The van der Waals surface area contributed by atoms with E-state index in [-0.39, 0.29) is 6.42 Å². The van der Waals surface area contributed by atoms with E-state index in [0.717, 1.165) is 12.8 Å². The van der Waals surface area contributed by atoms with Crippen molar-refractivity contribution < 1.29 is 15.3 Å². The van der Waals surface area contributed by atoms with Gasteiger partial charge < -0.3 is 15.3 Å². The van der Waals surface area contributed by atoms with E-state index < -0.39 is 12.4 Å². The minimum atomic E-state index is -1.85. The Bertz CT molecular complexity index is 70.7. The third-order valence-electron chi connectivity index (χ3n) is 1.18. The summed E-state index contributed by atoms with van der Waals surface area (Å²) < 4.78 is 0. The second-order valence-corrected chi connectivity index (χ2v) is 2.24. The van der Waals surface area contributed by atoms with Gasteiger partial charge >= 0.3 is 0 Å². The average molecular weight is 134 g/mol. The minimum absolute atomic E-state index is 0.250. The Kier molecular flexibility index (Phi) is 3.77. The summed E-state index contributed by atoms with van der Waals surface area (Å²) in [5.74, 6) is -1.85. The average Bonchev–Trinajstić information content (AvgIpc) is 1.84. The fourth-order valence-electron chi connectivity index (χ4n) is 0.539. The maximum atomic E-state index is 8.76. The minimum Gasteiger partial charge on any atom is -0.391 e. The summed E-state index contributed by atoms with van der Waals surface area (Å²) in [5.41, 5.74) is 0. The van der Waals surface area contributed by atoms with Gasteiger partial charge in [0.25, 0.3) is 0 Å². The predicted octanol–water partition coefficient (Wildman–Crippen LogP) is -0.150. The first-order valence-corrected chi connectivity index (χ1v) is 3.18. The van der Waals surface area contributed by atoms with E-state index >= 15 is 0 Å². The molecule has 3 nitrogen and oxygen atoms in total. The molecule has 0 heterocycles. The van der Waals surface area contributed by atoms with E-state index in [2.05, 4.69) is 0 Å². The molecule has 9 heavy (non-hydrogen) atoms. The fourth-order valence-corrected chi connectivity index (χ4v) is 0.539. The molecule has 0 aliphatic carbocycles.